The smallest absolute Gasteiger partial charge is 0.253 e. The van der Waals surface area contributed by atoms with E-state index in [1.54, 1.807) is 35.7 Å². The van der Waals surface area contributed by atoms with E-state index < -0.39 is 0 Å². The highest BCUT2D eigenvalue weighted by molar-refractivity contribution is 7.11. The molecule has 2 aromatic rings. The molecule has 1 heterocycles. The van der Waals surface area contributed by atoms with Gasteiger partial charge in [-0.15, -0.1) is 11.3 Å². The summed E-state index contributed by atoms with van der Waals surface area (Å²) in [6.45, 7) is 2.37. The number of aryl methyl sites for hydroxylation is 1. The van der Waals surface area contributed by atoms with Crippen molar-refractivity contribution in [2.45, 2.75) is 13.5 Å². The van der Waals surface area contributed by atoms with Crippen LogP contribution in [0.15, 0.2) is 24.4 Å². The number of hydrogen-bond acceptors (Lipinski definition) is 4. The van der Waals surface area contributed by atoms with Crippen LogP contribution >= 0.6 is 22.9 Å². The molecule has 0 saturated carbocycles. The third-order valence-corrected chi connectivity index (χ3v) is 3.53. The van der Waals surface area contributed by atoms with Gasteiger partial charge in [-0.2, -0.15) is 0 Å². The van der Waals surface area contributed by atoms with Crippen LogP contribution in [0.3, 0.4) is 0 Å². The summed E-state index contributed by atoms with van der Waals surface area (Å²) in [5.41, 5.74) is 6.52. The molecule has 0 saturated heterocycles. The van der Waals surface area contributed by atoms with Gasteiger partial charge in [0.05, 0.1) is 17.1 Å². The Kier molecular flexibility index (Phi) is 3.84. The molecule has 94 valence electrons. The van der Waals surface area contributed by atoms with Gasteiger partial charge < -0.3 is 11.1 Å². The molecule has 6 heteroatoms. The Morgan fingerprint density at radius 2 is 2.33 bits per heavy atom. The van der Waals surface area contributed by atoms with Gasteiger partial charge in [-0.3, -0.25) is 4.79 Å². The molecule has 1 amide bonds. The maximum atomic E-state index is 11.9. The minimum atomic E-state index is -0.229. The highest BCUT2D eigenvalue weighted by Gasteiger charge is 2.10. The molecular formula is C12H12ClN3OS. The van der Waals surface area contributed by atoms with E-state index >= 15 is 0 Å². The van der Waals surface area contributed by atoms with E-state index in [1.807, 2.05) is 6.92 Å². The molecule has 0 radical (unpaired) electrons. The topological polar surface area (TPSA) is 68.0 Å². The van der Waals surface area contributed by atoms with E-state index in [9.17, 15) is 4.79 Å². The molecule has 0 unspecified atom stereocenters. The van der Waals surface area contributed by atoms with E-state index in [2.05, 4.69) is 10.3 Å². The molecule has 1 aromatic heterocycles. The quantitative estimate of drug-likeness (QED) is 0.850. The van der Waals surface area contributed by atoms with E-state index in [4.69, 9.17) is 17.3 Å². The number of carbonyl (C=O) groups is 1. The molecule has 0 fully saturated rings. The Morgan fingerprint density at radius 3 is 2.94 bits per heavy atom. The maximum Gasteiger partial charge on any atom is 0.253 e. The number of hydrogen-bond donors (Lipinski definition) is 2. The number of aromatic nitrogens is 1. The van der Waals surface area contributed by atoms with Gasteiger partial charge in [-0.1, -0.05) is 11.6 Å². The molecule has 0 aliphatic heterocycles. The molecule has 0 atom stereocenters. The van der Waals surface area contributed by atoms with Crippen LogP contribution in [0.25, 0.3) is 0 Å². The Labute approximate surface area is 114 Å². The molecule has 18 heavy (non-hydrogen) atoms. The number of carbonyl (C=O) groups excluding carboxylic acids is 1. The minimum absolute atomic E-state index is 0.229. The van der Waals surface area contributed by atoms with Crippen molar-refractivity contribution in [2.75, 3.05) is 5.73 Å². The number of nitrogen functional groups attached to an aromatic ring is 1. The van der Waals surface area contributed by atoms with Gasteiger partial charge >= 0.3 is 0 Å². The molecule has 0 aliphatic carbocycles. The lowest BCUT2D eigenvalue weighted by Crippen LogP contribution is -2.23. The van der Waals surface area contributed by atoms with Gasteiger partial charge in [-0.05, 0) is 25.1 Å². The first-order chi connectivity index (χ1) is 8.56. The maximum absolute atomic E-state index is 11.9. The van der Waals surface area contributed by atoms with Gasteiger partial charge in [-0.25, -0.2) is 4.98 Å². The molecule has 2 rings (SSSR count). The number of amides is 1. The summed E-state index contributed by atoms with van der Waals surface area (Å²) >= 11 is 7.51. The number of halogens is 1. The Bertz CT molecular complexity index is 582. The van der Waals surface area contributed by atoms with Crippen molar-refractivity contribution in [3.63, 3.8) is 0 Å². The number of nitrogens with one attached hydrogen (secondary N) is 1. The number of anilines is 1. The molecule has 1 aromatic carbocycles. The summed E-state index contributed by atoms with van der Waals surface area (Å²) < 4.78 is 0. The summed E-state index contributed by atoms with van der Waals surface area (Å²) in [5.74, 6) is -0.229. The Morgan fingerprint density at radius 1 is 1.56 bits per heavy atom. The van der Waals surface area contributed by atoms with Crippen LogP contribution in [0.4, 0.5) is 5.69 Å². The van der Waals surface area contributed by atoms with Crippen molar-refractivity contribution < 1.29 is 4.79 Å². The van der Waals surface area contributed by atoms with Crippen molar-refractivity contribution in [3.8, 4) is 0 Å². The van der Waals surface area contributed by atoms with Gasteiger partial charge in [0.15, 0.2) is 0 Å². The van der Waals surface area contributed by atoms with Crippen LogP contribution in [-0.2, 0) is 6.54 Å². The van der Waals surface area contributed by atoms with Crippen LogP contribution in [0.2, 0.25) is 5.02 Å². The van der Waals surface area contributed by atoms with Crippen LogP contribution < -0.4 is 11.1 Å². The van der Waals surface area contributed by atoms with Crippen molar-refractivity contribution >= 4 is 34.5 Å². The molecule has 0 spiro atoms. The first kappa shape index (κ1) is 12.9. The van der Waals surface area contributed by atoms with Gasteiger partial charge in [0.2, 0.25) is 0 Å². The number of nitrogens with zero attached hydrogens (tertiary/aromatic N) is 1. The second-order valence-electron chi connectivity index (χ2n) is 3.79. The van der Waals surface area contributed by atoms with Crippen molar-refractivity contribution in [2.24, 2.45) is 0 Å². The zero-order chi connectivity index (χ0) is 13.1. The second-order valence-corrected chi connectivity index (χ2v) is 5.51. The first-order valence-electron chi connectivity index (χ1n) is 5.31. The third kappa shape index (κ3) is 3.00. The number of rotatable bonds is 3. The zero-order valence-corrected chi connectivity index (χ0v) is 11.3. The average Bonchev–Trinajstić information content (AvgIpc) is 2.72. The lowest BCUT2D eigenvalue weighted by molar-refractivity contribution is 0.0951. The fourth-order valence-corrected chi connectivity index (χ4v) is 2.45. The van der Waals surface area contributed by atoms with Crippen LogP contribution in [0.5, 0.6) is 0 Å². The van der Waals surface area contributed by atoms with E-state index in [1.165, 1.54) is 0 Å². The Hall–Kier alpha value is -1.59. The molecule has 0 aliphatic rings. The normalized spacial score (nSPS) is 10.3. The fourth-order valence-electron chi connectivity index (χ4n) is 1.45. The SMILES string of the molecule is Cc1cnc(CNC(=O)c2ccc(N)cc2Cl)s1. The third-order valence-electron chi connectivity index (χ3n) is 2.31. The summed E-state index contributed by atoms with van der Waals surface area (Å²) in [4.78, 5) is 17.2. The summed E-state index contributed by atoms with van der Waals surface area (Å²) in [7, 11) is 0. The van der Waals surface area contributed by atoms with Gasteiger partial charge in [0.1, 0.15) is 5.01 Å². The van der Waals surface area contributed by atoms with Crippen LogP contribution in [0.1, 0.15) is 20.2 Å². The van der Waals surface area contributed by atoms with E-state index in [0.717, 1.165) is 9.88 Å². The van der Waals surface area contributed by atoms with Gasteiger partial charge in [0.25, 0.3) is 5.91 Å². The number of nitrogens with two attached hydrogens (primary N) is 1. The monoisotopic (exact) mass is 281 g/mol. The molecule has 3 N–H and O–H groups in total. The number of thiazole rings is 1. The lowest BCUT2D eigenvalue weighted by atomic mass is 10.2. The first-order valence-corrected chi connectivity index (χ1v) is 6.50. The molecule has 4 nitrogen and oxygen atoms in total. The fraction of sp³-hybridized carbons (Fsp3) is 0.167. The predicted molar refractivity (Wildman–Crippen MR) is 73.9 cm³/mol. The average molecular weight is 282 g/mol. The summed E-state index contributed by atoms with van der Waals surface area (Å²) in [6.07, 6.45) is 1.78. The van der Waals surface area contributed by atoms with E-state index in [-0.39, 0.29) is 5.91 Å². The van der Waals surface area contributed by atoms with Crippen LogP contribution in [-0.4, -0.2) is 10.9 Å². The standard InChI is InChI=1S/C12H12ClN3OS/c1-7-5-15-11(18-7)6-16-12(17)9-3-2-8(14)4-10(9)13/h2-5H,6,14H2,1H3,(H,16,17). The van der Waals surface area contributed by atoms with Crippen molar-refractivity contribution in [1.82, 2.24) is 10.3 Å². The second kappa shape index (κ2) is 5.37. The minimum Gasteiger partial charge on any atom is -0.399 e. The molecular weight excluding hydrogens is 270 g/mol. The van der Waals surface area contributed by atoms with Crippen molar-refractivity contribution in [3.05, 3.63) is 44.9 Å². The number of benzene rings is 1. The summed E-state index contributed by atoms with van der Waals surface area (Å²) in [6, 6.07) is 4.82. The Balaban J connectivity index is 2.03. The summed E-state index contributed by atoms with van der Waals surface area (Å²) in [5, 5.41) is 3.99. The largest absolute Gasteiger partial charge is 0.399 e. The highest BCUT2D eigenvalue weighted by Crippen LogP contribution is 2.19. The van der Waals surface area contributed by atoms with Crippen molar-refractivity contribution in [1.29, 1.82) is 0 Å². The van der Waals surface area contributed by atoms with Crippen LogP contribution in [0, 0.1) is 6.92 Å². The highest BCUT2D eigenvalue weighted by atomic mass is 35.5. The molecule has 0 bridgehead atoms. The van der Waals surface area contributed by atoms with E-state index in [0.29, 0.717) is 22.8 Å². The zero-order valence-electron chi connectivity index (χ0n) is 9.74. The van der Waals surface area contributed by atoms with Gasteiger partial charge in [0, 0.05) is 16.8 Å². The predicted octanol–water partition coefficient (Wildman–Crippen LogP) is 2.62. The lowest BCUT2D eigenvalue weighted by Gasteiger charge is -2.05.